The average Bonchev–Trinajstić information content (AvgIpc) is 2.70. The summed E-state index contributed by atoms with van der Waals surface area (Å²) < 4.78 is 5.28. The van der Waals surface area contributed by atoms with E-state index >= 15 is 0 Å². The number of amides is 1. The van der Waals surface area contributed by atoms with Gasteiger partial charge in [0.1, 0.15) is 0 Å². The Hall–Kier alpha value is -0.690. The number of morpholine rings is 1. The van der Waals surface area contributed by atoms with E-state index in [2.05, 4.69) is 15.1 Å². The highest BCUT2D eigenvalue weighted by atomic mass is 16.5. The van der Waals surface area contributed by atoms with Crippen molar-refractivity contribution >= 4 is 5.91 Å². The first-order valence-electron chi connectivity index (χ1n) is 6.69. The van der Waals surface area contributed by atoms with Gasteiger partial charge in [-0.1, -0.05) is 0 Å². The van der Waals surface area contributed by atoms with Gasteiger partial charge in [-0.15, -0.1) is 0 Å². The number of likely N-dealkylation sites (N-methyl/N-ethyl adjacent to an activating group) is 1. The van der Waals surface area contributed by atoms with Crippen LogP contribution in [-0.2, 0) is 9.53 Å². The van der Waals surface area contributed by atoms with Crippen molar-refractivity contribution in [3.8, 4) is 0 Å². The smallest absolute Gasteiger partial charge is 0.226 e. The molecule has 2 saturated heterocycles. The van der Waals surface area contributed by atoms with Crippen molar-refractivity contribution in [1.29, 1.82) is 0 Å². The molecule has 0 aromatic heterocycles. The van der Waals surface area contributed by atoms with Crippen LogP contribution < -0.4 is 11.1 Å². The molecule has 6 nitrogen and oxygen atoms in total. The summed E-state index contributed by atoms with van der Waals surface area (Å²) in [6.07, 6.45) is 0. The molecule has 2 aliphatic rings. The van der Waals surface area contributed by atoms with Crippen molar-refractivity contribution in [2.45, 2.75) is 6.04 Å². The van der Waals surface area contributed by atoms with Gasteiger partial charge in [0.2, 0.25) is 5.91 Å². The summed E-state index contributed by atoms with van der Waals surface area (Å²) in [7, 11) is 2.00. The fraction of sp³-hybridized carbons (Fsp3) is 0.917. The van der Waals surface area contributed by atoms with Crippen LogP contribution in [-0.4, -0.2) is 81.3 Å². The summed E-state index contributed by atoms with van der Waals surface area (Å²) in [5.74, 6) is 0.0415. The third-order valence-corrected chi connectivity index (χ3v) is 3.72. The van der Waals surface area contributed by atoms with Crippen LogP contribution in [0.15, 0.2) is 0 Å². The number of hydrogen-bond acceptors (Lipinski definition) is 5. The van der Waals surface area contributed by atoms with Crippen molar-refractivity contribution in [2.24, 2.45) is 11.7 Å². The molecule has 2 heterocycles. The summed E-state index contributed by atoms with van der Waals surface area (Å²) in [5.41, 5.74) is 5.96. The van der Waals surface area contributed by atoms with Crippen LogP contribution in [0.4, 0.5) is 0 Å². The number of nitrogens with one attached hydrogen (secondary N) is 1. The maximum Gasteiger partial charge on any atom is 0.226 e. The van der Waals surface area contributed by atoms with E-state index in [4.69, 9.17) is 10.5 Å². The maximum atomic E-state index is 12.0. The molecule has 2 rings (SSSR count). The van der Waals surface area contributed by atoms with Crippen molar-refractivity contribution in [1.82, 2.24) is 15.1 Å². The van der Waals surface area contributed by atoms with Gasteiger partial charge in [0, 0.05) is 45.3 Å². The molecule has 1 amide bonds. The van der Waals surface area contributed by atoms with Gasteiger partial charge in [-0.25, -0.2) is 0 Å². The van der Waals surface area contributed by atoms with E-state index in [-0.39, 0.29) is 17.9 Å². The van der Waals surface area contributed by atoms with E-state index in [0.29, 0.717) is 6.54 Å². The zero-order chi connectivity index (χ0) is 13.0. The topological polar surface area (TPSA) is 70.8 Å². The van der Waals surface area contributed by atoms with Gasteiger partial charge in [-0.05, 0) is 7.05 Å². The Morgan fingerprint density at radius 3 is 2.72 bits per heavy atom. The molecule has 0 aliphatic carbocycles. The third-order valence-electron chi connectivity index (χ3n) is 3.72. The van der Waals surface area contributed by atoms with Crippen LogP contribution in [0.25, 0.3) is 0 Å². The lowest BCUT2D eigenvalue weighted by Gasteiger charge is -2.26. The second-order valence-corrected chi connectivity index (χ2v) is 5.24. The zero-order valence-corrected chi connectivity index (χ0v) is 11.1. The van der Waals surface area contributed by atoms with Crippen LogP contribution in [0.3, 0.4) is 0 Å². The predicted molar refractivity (Wildman–Crippen MR) is 69.2 cm³/mol. The number of rotatable bonds is 4. The number of carbonyl (C=O) groups is 1. The standard InChI is InChI=1S/C12H24N4O2/c1-15-8-10(11(13)9-15)12(17)14-2-3-16-4-6-18-7-5-16/h10-11H,2-9,13H2,1H3,(H,14,17). The molecule has 3 N–H and O–H groups in total. The lowest BCUT2D eigenvalue weighted by molar-refractivity contribution is -0.125. The fourth-order valence-corrected chi connectivity index (χ4v) is 2.60. The molecule has 0 spiro atoms. The Morgan fingerprint density at radius 1 is 1.39 bits per heavy atom. The zero-order valence-electron chi connectivity index (χ0n) is 11.1. The van der Waals surface area contributed by atoms with Gasteiger partial charge >= 0.3 is 0 Å². The Balaban J connectivity index is 1.65. The molecule has 2 unspecified atom stereocenters. The Labute approximate surface area is 108 Å². The van der Waals surface area contributed by atoms with Crippen molar-refractivity contribution in [2.75, 3.05) is 59.5 Å². The minimum atomic E-state index is -0.0558. The molecule has 0 bridgehead atoms. The molecular formula is C12H24N4O2. The summed E-state index contributed by atoms with van der Waals surface area (Å²) in [6.45, 7) is 6.69. The van der Waals surface area contributed by atoms with Gasteiger partial charge < -0.3 is 20.7 Å². The monoisotopic (exact) mass is 256 g/mol. The maximum absolute atomic E-state index is 12.0. The Morgan fingerprint density at radius 2 is 2.11 bits per heavy atom. The first-order chi connectivity index (χ1) is 8.66. The lowest BCUT2D eigenvalue weighted by Crippen LogP contribution is -2.45. The van der Waals surface area contributed by atoms with E-state index in [1.54, 1.807) is 0 Å². The van der Waals surface area contributed by atoms with Crippen LogP contribution >= 0.6 is 0 Å². The number of ether oxygens (including phenoxy) is 1. The van der Waals surface area contributed by atoms with Crippen LogP contribution in [0.1, 0.15) is 0 Å². The number of hydrogen-bond donors (Lipinski definition) is 2. The van der Waals surface area contributed by atoms with Crippen molar-refractivity contribution < 1.29 is 9.53 Å². The lowest BCUT2D eigenvalue weighted by atomic mass is 10.0. The van der Waals surface area contributed by atoms with Gasteiger partial charge in [0.25, 0.3) is 0 Å². The molecule has 18 heavy (non-hydrogen) atoms. The van der Waals surface area contributed by atoms with E-state index in [0.717, 1.165) is 45.9 Å². The van der Waals surface area contributed by atoms with Crippen molar-refractivity contribution in [3.63, 3.8) is 0 Å². The van der Waals surface area contributed by atoms with E-state index in [1.807, 2.05) is 7.05 Å². The Kier molecular flexibility index (Phi) is 4.94. The normalized spacial score (nSPS) is 30.6. The van der Waals surface area contributed by atoms with Gasteiger partial charge in [0.05, 0.1) is 19.1 Å². The quantitative estimate of drug-likeness (QED) is 0.629. The predicted octanol–water partition coefficient (Wildman–Crippen LogP) is -1.68. The van der Waals surface area contributed by atoms with E-state index < -0.39 is 0 Å². The SMILES string of the molecule is CN1CC(N)C(C(=O)NCCN2CCOCC2)C1. The molecule has 2 fully saturated rings. The molecule has 2 atom stereocenters. The number of carbonyl (C=O) groups excluding carboxylic acids is 1. The molecule has 104 valence electrons. The van der Waals surface area contributed by atoms with E-state index in [9.17, 15) is 4.79 Å². The Bertz CT molecular complexity index is 281. The van der Waals surface area contributed by atoms with Crippen molar-refractivity contribution in [3.05, 3.63) is 0 Å². The molecular weight excluding hydrogens is 232 g/mol. The van der Waals surface area contributed by atoms with Gasteiger partial charge in [0.15, 0.2) is 0 Å². The van der Waals surface area contributed by atoms with Gasteiger partial charge in [-0.3, -0.25) is 9.69 Å². The summed E-state index contributed by atoms with van der Waals surface area (Å²) in [4.78, 5) is 16.4. The molecule has 0 aromatic rings. The van der Waals surface area contributed by atoms with Crippen LogP contribution in [0.5, 0.6) is 0 Å². The fourth-order valence-electron chi connectivity index (χ4n) is 2.60. The second kappa shape index (κ2) is 6.47. The number of nitrogens with zero attached hydrogens (tertiary/aromatic N) is 2. The largest absolute Gasteiger partial charge is 0.379 e. The second-order valence-electron chi connectivity index (χ2n) is 5.24. The highest BCUT2D eigenvalue weighted by molar-refractivity contribution is 5.80. The molecule has 0 radical (unpaired) electrons. The summed E-state index contributed by atoms with van der Waals surface area (Å²) in [6, 6.07) is -0.0293. The minimum Gasteiger partial charge on any atom is -0.379 e. The van der Waals surface area contributed by atoms with Crippen LogP contribution in [0.2, 0.25) is 0 Å². The highest BCUT2D eigenvalue weighted by Crippen LogP contribution is 2.13. The molecule has 6 heteroatoms. The molecule has 0 saturated carbocycles. The van der Waals surface area contributed by atoms with E-state index in [1.165, 1.54) is 0 Å². The van der Waals surface area contributed by atoms with Crippen LogP contribution in [0, 0.1) is 5.92 Å². The number of likely N-dealkylation sites (tertiary alicyclic amines) is 1. The first-order valence-corrected chi connectivity index (χ1v) is 6.69. The first kappa shape index (κ1) is 13.7. The summed E-state index contributed by atoms with van der Waals surface area (Å²) in [5, 5.41) is 2.99. The van der Waals surface area contributed by atoms with Gasteiger partial charge in [-0.2, -0.15) is 0 Å². The third kappa shape index (κ3) is 3.65. The highest BCUT2D eigenvalue weighted by Gasteiger charge is 2.33. The summed E-state index contributed by atoms with van der Waals surface area (Å²) >= 11 is 0. The molecule has 0 aromatic carbocycles. The molecule has 2 aliphatic heterocycles. The number of nitrogens with two attached hydrogens (primary N) is 1. The average molecular weight is 256 g/mol. The minimum absolute atomic E-state index is 0.0293.